The van der Waals surface area contributed by atoms with Crippen LogP contribution in [0.15, 0.2) is 17.2 Å². The van der Waals surface area contributed by atoms with Crippen molar-refractivity contribution in [3.05, 3.63) is 27.7 Å². The van der Waals surface area contributed by atoms with E-state index in [1.807, 2.05) is 0 Å². The summed E-state index contributed by atoms with van der Waals surface area (Å²) in [5, 5.41) is 8.63. The zero-order valence-corrected chi connectivity index (χ0v) is 18.0. The van der Waals surface area contributed by atoms with E-state index in [-0.39, 0.29) is 0 Å². The van der Waals surface area contributed by atoms with Crippen molar-refractivity contribution in [1.29, 1.82) is 0 Å². The lowest BCUT2D eigenvalue weighted by molar-refractivity contribution is 0.0389. The van der Waals surface area contributed by atoms with Gasteiger partial charge in [-0.1, -0.05) is 37.0 Å². The monoisotopic (exact) mass is 432 g/mol. The fraction of sp³-hybridized carbons (Fsp3) is 0.556. The van der Waals surface area contributed by atoms with Gasteiger partial charge in [-0.25, -0.2) is 0 Å². The van der Waals surface area contributed by atoms with Crippen LogP contribution < -0.4 is 15.5 Å². The number of hydrogen-bond donors (Lipinski definition) is 2. The largest absolute Gasteiger partial charge is 0.490 e. The minimum Gasteiger partial charge on any atom is -0.490 e. The number of thiocarbonyl (C=S) groups is 1. The van der Waals surface area contributed by atoms with Crippen molar-refractivity contribution in [1.82, 2.24) is 15.6 Å². The number of rotatable bonds is 8. The molecule has 0 aliphatic carbocycles. The van der Waals surface area contributed by atoms with Gasteiger partial charge in [-0.15, -0.1) is 0 Å². The Hall–Kier alpha value is -1.12. The summed E-state index contributed by atoms with van der Waals surface area (Å²) in [6, 6.07) is 3.51. The lowest BCUT2D eigenvalue weighted by atomic mass is 10.2. The van der Waals surface area contributed by atoms with Crippen molar-refractivity contribution in [3.63, 3.8) is 0 Å². The van der Waals surface area contributed by atoms with Crippen LogP contribution in [-0.2, 0) is 4.74 Å². The van der Waals surface area contributed by atoms with E-state index in [0.29, 0.717) is 33.4 Å². The van der Waals surface area contributed by atoms with Crippen LogP contribution in [0.4, 0.5) is 0 Å². The van der Waals surface area contributed by atoms with Gasteiger partial charge in [-0.2, -0.15) is 5.10 Å². The highest BCUT2D eigenvalue weighted by molar-refractivity contribution is 7.80. The van der Waals surface area contributed by atoms with E-state index in [4.69, 9.17) is 44.9 Å². The number of hydrogen-bond acceptors (Lipinski definition) is 5. The second-order valence-corrected chi connectivity index (χ2v) is 7.82. The molecule has 1 aliphatic heterocycles. The van der Waals surface area contributed by atoms with Gasteiger partial charge in [-0.3, -0.25) is 10.3 Å². The van der Waals surface area contributed by atoms with E-state index in [2.05, 4.69) is 34.6 Å². The molecule has 1 aromatic carbocycles. The molecule has 0 saturated carbocycles. The molecule has 1 aliphatic rings. The normalized spacial score (nSPS) is 15.3. The van der Waals surface area contributed by atoms with E-state index in [9.17, 15) is 0 Å². The first-order valence-electron chi connectivity index (χ1n) is 8.94. The van der Waals surface area contributed by atoms with Crippen LogP contribution in [0, 0.1) is 5.92 Å². The van der Waals surface area contributed by atoms with Gasteiger partial charge >= 0.3 is 0 Å². The molecule has 1 heterocycles. The van der Waals surface area contributed by atoms with Crippen LogP contribution >= 0.6 is 35.4 Å². The van der Waals surface area contributed by atoms with Crippen molar-refractivity contribution in [3.8, 4) is 5.75 Å². The molecule has 0 aromatic heterocycles. The molecule has 6 nitrogen and oxygen atoms in total. The smallest absolute Gasteiger partial charge is 0.187 e. The summed E-state index contributed by atoms with van der Waals surface area (Å²) in [5.41, 5.74) is 3.55. The van der Waals surface area contributed by atoms with Crippen LogP contribution in [0.25, 0.3) is 0 Å². The molecule has 0 spiro atoms. The third kappa shape index (κ3) is 8.19. The van der Waals surface area contributed by atoms with Gasteiger partial charge in [0.2, 0.25) is 0 Å². The highest BCUT2D eigenvalue weighted by Crippen LogP contribution is 2.34. The average molecular weight is 433 g/mol. The first-order valence-corrected chi connectivity index (χ1v) is 10.1. The maximum absolute atomic E-state index is 6.26. The summed E-state index contributed by atoms with van der Waals surface area (Å²) < 4.78 is 11.0. The molecule has 2 N–H and O–H groups in total. The van der Waals surface area contributed by atoms with Gasteiger partial charge < -0.3 is 14.8 Å². The predicted molar refractivity (Wildman–Crippen MR) is 115 cm³/mol. The fourth-order valence-electron chi connectivity index (χ4n) is 2.40. The maximum Gasteiger partial charge on any atom is 0.187 e. The highest BCUT2D eigenvalue weighted by atomic mass is 35.5. The molecule has 2 rings (SSSR count). The van der Waals surface area contributed by atoms with E-state index >= 15 is 0 Å². The SMILES string of the molecule is CC(C)COc1c(Cl)cc(/C=N/NC(=S)NCCN2CCOCC2)cc1Cl. The molecule has 1 fully saturated rings. The Bertz CT molecular complexity index is 629. The zero-order valence-electron chi connectivity index (χ0n) is 15.6. The van der Waals surface area contributed by atoms with E-state index in [0.717, 1.165) is 45.0 Å². The number of nitrogens with zero attached hydrogens (tertiary/aromatic N) is 2. The minimum absolute atomic E-state index is 0.388. The van der Waals surface area contributed by atoms with Crippen LogP contribution in [-0.4, -0.2) is 62.2 Å². The summed E-state index contributed by atoms with van der Waals surface area (Å²) in [4.78, 5) is 2.33. The number of nitrogens with one attached hydrogen (secondary N) is 2. The Morgan fingerprint density at radius 2 is 2.00 bits per heavy atom. The summed E-state index contributed by atoms with van der Waals surface area (Å²) in [6.07, 6.45) is 1.61. The Kier molecular flexibility index (Phi) is 9.58. The fourth-order valence-corrected chi connectivity index (χ4v) is 3.17. The maximum atomic E-state index is 6.26. The van der Waals surface area contributed by atoms with Crippen molar-refractivity contribution >= 4 is 46.7 Å². The van der Waals surface area contributed by atoms with Gasteiger partial charge in [-0.05, 0) is 35.8 Å². The minimum atomic E-state index is 0.388. The van der Waals surface area contributed by atoms with E-state index < -0.39 is 0 Å². The topological polar surface area (TPSA) is 58.1 Å². The van der Waals surface area contributed by atoms with Gasteiger partial charge in [0, 0.05) is 26.2 Å². The Labute approximate surface area is 176 Å². The number of halogens is 2. The second-order valence-electron chi connectivity index (χ2n) is 6.60. The third-order valence-electron chi connectivity index (χ3n) is 3.78. The molecule has 27 heavy (non-hydrogen) atoms. The quantitative estimate of drug-likeness (QED) is 0.373. The lowest BCUT2D eigenvalue weighted by Gasteiger charge is -2.26. The second kappa shape index (κ2) is 11.7. The first-order chi connectivity index (χ1) is 13.0. The molecule has 0 amide bonds. The molecule has 1 aromatic rings. The van der Waals surface area contributed by atoms with Crippen LogP contribution in [0.3, 0.4) is 0 Å². The first kappa shape index (κ1) is 22.2. The van der Waals surface area contributed by atoms with Crippen molar-refractivity contribution < 1.29 is 9.47 Å². The molecule has 150 valence electrons. The van der Waals surface area contributed by atoms with Gasteiger partial charge in [0.15, 0.2) is 10.9 Å². The zero-order chi connectivity index (χ0) is 19.6. The average Bonchev–Trinajstić information content (AvgIpc) is 2.61. The van der Waals surface area contributed by atoms with Gasteiger partial charge in [0.1, 0.15) is 0 Å². The molecule has 1 saturated heterocycles. The Morgan fingerprint density at radius 3 is 2.63 bits per heavy atom. The van der Waals surface area contributed by atoms with E-state index in [1.165, 1.54) is 0 Å². The lowest BCUT2D eigenvalue weighted by Crippen LogP contribution is -2.42. The van der Waals surface area contributed by atoms with Crippen molar-refractivity contribution in [2.24, 2.45) is 11.0 Å². The molecule has 0 bridgehead atoms. The molecule has 0 atom stereocenters. The third-order valence-corrected chi connectivity index (χ3v) is 4.58. The highest BCUT2D eigenvalue weighted by Gasteiger charge is 2.11. The molecule has 9 heteroatoms. The van der Waals surface area contributed by atoms with Crippen molar-refractivity contribution in [2.75, 3.05) is 46.0 Å². The summed E-state index contributed by atoms with van der Waals surface area (Å²) in [5.74, 6) is 0.886. The number of benzene rings is 1. The van der Waals surface area contributed by atoms with Crippen LogP contribution in [0.5, 0.6) is 5.75 Å². The summed E-state index contributed by atoms with van der Waals surface area (Å²) >= 11 is 17.7. The molecular weight excluding hydrogens is 407 g/mol. The van der Waals surface area contributed by atoms with Crippen molar-refractivity contribution in [2.45, 2.75) is 13.8 Å². The standard InChI is InChI=1S/C18H26Cl2N4O2S/c1-13(2)12-26-17-15(19)9-14(10-16(17)20)11-22-23-18(27)21-3-4-24-5-7-25-8-6-24/h9-11,13H,3-8,12H2,1-2H3,(H2,21,23,27)/b22-11+. The van der Waals surface area contributed by atoms with Crippen LogP contribution in [0.2, 0.25) is 10.0 Å². The number of ether oxygens (including phenoxy) is 2. The molecular formula is C18H26Cl2N4O2S. The predicted octanol–water partition coefficient (Wildman–Crippen LogP) is 3.16. The van der Waals surface area contributed by atoms with E-state index in [1.54, 1.807) is 18.3 Å². The molecule has 0 unspecified atom stereocenters. The summed E-state index contributed by atoms with van der Waals surface area (Å²) in [7, 11) is 0. The van der Waals surface area contributed by atoms with Gasteiger partial charge in [0.05, 0.1) is 36.1 Å². The van der Waals surface area contributed by atoms with Crippen LogP contribution in [0.1, 0.15) is 19.4 Å². The number of hydrazone groups is 1. The Morgan fingerprint density at radius 1 is 1.33 bits per heavy atom. The summed E-state index contributed by atoms with van der Waals surface area (Å²) in [6.45, 7) is 9.84. The molecule has 0 radical (unpaired) electrons. The Balaban J connectivity index is 1.76. The number of morpholine rings is 1. The van der Waals surface area contributed by atoms with Gasteiger partial charge in [0.25, 0.3) is 0 Å².